The molecule has 2 nitrogen and oxygen atoms in total. The summed E-state index contributed by atoms with van der Waals surface area (Å²) >= 11 is 0. The second-order valence-electron chi connectivity index (χ2n) is 7.89. The Bertz CT molecular complexity index is 754. The summed E-state index contributed by atoms with van der Waals surface area (Å²) in [6.45, 7) is 4.46. The predicted molar refractivity (Wildman–Crippen MR) is 113 cm³/mol. The maximum absolute atomic E-state index is 12.1. The predicted octanol–water partition coefficient (Wildman–Crippen LogP) is 3.86. The zero-order valence-corrected chi connectivity index (χ0v) is 16.8. The van der Waals surface area contributed by atoms with E-state index in [4.69, 9.17) is 5.73 Å². The molecule has 0 aromatic heterocycles. The molecule has 3 N–H and O–H groups in total. The molecular formula is C23H29NOSi. The number of nitrogens with two attached hydrogens (primary N) is 1. The summed E-state index contributed by atoms with van der Waals surface area (Å²) in [6.07, 6.45) is 8.15. The number of hydrogen-bond donors (Lipinski definition) is 2. The Labute approximate surface area is 158 Å². The van der Waals surface area contributed by atoms with Crippen molar-refractivity contribution in [2.24, 2.45) is 5.73 Å². The standard InChI is InChI=1S/C23H29NOSi/c1-23(2,18-17-19-13-15-20(24)16-14-19)26(25,21-9-5-3-6-10-21)22-11-7-4-8-12-22/h3-13,15,25H,14,16-18,24H2,1-2H3. The van der Waals surface area contributed by atoms with Crippen LogP contribution in [0.1, 0.15) is 39.5 Å². The summed E-state index contributed by atoms with van der Waals surface area (Å²) in [5, 5.41) is 1.97. The fourth-order valence-corrected chi connectivity index (χ4v) is 7.60. The summed E-state index contributed by atoms with van der Waals surface area (Å²) in [5.41, 5.74) is 8.28. The quantitative estimate of drug-likeness (QED) is 0.766. The fraction of sp³-hybridized carbons (Fsp3) is 0.304. The van der Waals surface area contributed by atoms with Gasteiger partial charge in [0.2, 0.25) is 0 Å². The van der Waals surface area contributed by atoms with Crippen molar-refractivity contribution in [1.82, 2.24) is 0 Å². The number of benzene rings is 2. The third kappa shape index (κ3) is 3.69. The molecule has 0 bridgehead atoms. The zero-order chi connectivity index (χ0) is 18.6. The van der Waals surface area contributed by atoms with Gasteiger partial charge in [-0.25, -0.2) is 0 Å². The van der Waals surface area contributed by atoms with E-state index < -0.39 is 8.32 Å². The largest absolute Gasteiger partial charge is 0.424 e. The van der Waals surface area contributed by atoms with Crippen LogP contribution in [0.25, 0.3) is 0 Å². The van der Waals surface area contributed by atoms with Gasteiger partial charge in [0, 0.05) is 5.70 Å². The second-order valence-corrected chi connectivity index (χ2v) is 11.8. The molecule has 3 heteroatoms. The third-order valence-corrected chi connectivity index (χ3v) is 10.2. The van der Waals surface area contributed by atoms with Crippen molar-refractivity contribution in [2.45, 2.75) is 44.6 Å². The van der Waals surface area contributed by atoms with Gasteiger partial charge in [0.05, 0.1) is 0 Å². The van der Waals surface area contributed by atoms with Crippen LogP contribution in [0, 0.1) is 0 Å². The van der Waals surface area contributed by atoms with Crippen LogP contribution in [-0.4, -0.2) is 13.1 Å². The van der Waals surface area contributed by atoms with Gasteiger partial charge in [-0.1, -0.05) is 86.2 Å². The van der Waals surface area contributed by atoms with Crippen molar-refractivity contribution in [3.63, 3.8) is 0 Å². The van der Waals surface area contributed by atoms with E-state index in [-0.39, 0.29) is 5.04 Å². The van der Waals surface area contributed by atoms with E-state index >= 15 is 0 Å². The van der Waals surface area contributed by atoms with Gasteiger partial charge in [-0.15, -0.1) is 0 Å². The molecule has 0 aliphatic heterocycles. The van der Waals surface area contributed by atoms with E-state index in [1.807, 2.05) is 42.5 Å². The van der Waals surface area contributed by atoms with E-state index in [0.717, 1.165) is 41.8 Å². The number of hydrogen-bond acceptors (Lipinski definition) is 2. The molecule has 0 atom stereocenters. The molecule has 1 aliphatic carbocycles. The number of rotatable bonds is 6. The Balaban J connectivity index is 1.93. The van der Waals surface area contributed by atoms with E-state index in [2.05, 4.69) is 44.2 Å². The average Bonchev–Trinajstić information content (AvgIpc) is 2.68. The van der Waals surface area contributed by atoms with Crippen LogP contribution in [0.5, 0.6) is 0 Å². The monoisotopic (exact) mass is 363 g/mol. The van der Waals surface area contributed by atoms with Gasteiger partial charge in [0.25, 0.3) is 8.32 Å². The molecule has 2 aromatic carbocycles. The molecule has 1 aliphatic rings. The molecule has 3 rings (SSSR count). The molecule has 0 saturated carbocycles. The van der Waals surface area contributed by atoms with E-state index in [1.165, 1.54) is 5.57 Å². The van der Waals surface area contributed by atoms with Crippen LogP contribution in [0.4, 0.5) is 0 Å². The molecule has 0 saturated heterocycles. The highest BCUT2D eigenvalue weighted by atomic mass is 28.4. The van der Waals surface area contributed by atoms with Crippen LogP contribution < -0.4 is 16.1 Å². The average molecular weight is 364 g/mol. The molecule has 0 radical (unpaired) electrons. The van der Waals surface area contributed by atoms with Gasteiger partial charge in [0.15, 0.2) is 0 Å². The first-order valence-corrected chi connectivity index (χ1v) is 11.4. The topological polar surface area (TPSA) is 46.2 Å². The van der Waals surface area contributed by atoms with Gasteiger partial charge in [0.1, 0.15) is 0 Å². The minimum Gasteiger partial charge on any atom is -0.424 e. The summed E-state index contributed by atoms with van der Waals surface area (Å²) in [5.74, 6) is 0. The normalized spacial score (nSPS) is 15.3. The molecule has 136 valence electrons. The molecule has 0 spiro atoms. The Kier molecular flexibility index (Phi) is 5.49. The van der Waals surface area contributed by atoms with Crippen molar-refractivity contribution < 1.29 is 4.80 Å². The Morgan fingerprint density at radius 1 is 0.885 bits per heavy atom. The third-order valence-electron chi connectivity index (χ3n) is 5.70. The molecule has 0 fully saturated rings. The first kappa shape index (κ1) is 18.7. The molecule has 2 aromatic rings. The molecule has 26 heavy (non-hydrogen) atoms. The highest BCUT2D eigenvalue weighted by Gasteiger charge is 2.49. The summed E-state index contributed by atoms with van der Waals surface area (Å²) in [7, 11) is -2.89. The molecule has 0 unspecified atom stereocenters. The maximum Gasteiger partial charge on any atom is 0.258 e. The lowest BCUT2D eigenvalue weighted by Crippen LogP contribution is -2.65. The Hall–Kier alpha value is -2.10. The molecule has 0 heterocycles. The second kappa shape index (κ2) is 7.64. The van der Waals surface area contributed by atoms with Crippen LogP contribution >= 0.6 is 0 Å². The highest BCUT2D eigenvalue weighted by molar-refractivity contribution is 6.98. The minimum atomic E-state index is -2.89. The smallest absolute Gasteiger partial charge is 0.258 e. The van der Waals surface area contributed by atoms with Crippen LogP contribution in [0.15, 0.2) is 84.1 Å². The van der Waals surface area contributed by atoms with Crippen LogP contribution in [0.3, 0.4) is 0 Å². The molecule has 0 amide bonds. The van der Waals surface area contributed by atoms with Crippen LogP contribution in [0.2, 0.25) is 5.04 Å². The first-order valence-electron chi connectivity index (χ1n) is 9.41. The van der Waals surface area contributed by atoms with Gasteiger partial charge in [-0.3, -0.25) is 0 Å². The van der Waals surface area contributed by atoms with Crippen LogP contribution in [-0.2, 0) is 0 Å². The number of allylic oxidation sites excluding steroid dienone is 4. The van der Waals surface area contributed by atoms with E-state index in [9.17, 15) is 4.80 Å². The summed E-state index contributed by atoms with van der Waals surface area (Å²) in [4.78, 5) is 12.1. The zero-order valence-electron chi connectivity index (χ0n) is 15.8. The van der Waals surface area contributed by atoms with Crippen molar-refractivity contribution in [1.29, 1.82) is 0 Å². The van der Waals surface area contributed by atoms with Crippen molar-refractivity contribution in [3.05, 3.63) is 84.1 Å². The summed E-state index contributed by atoms with van der Waals surface area (Å²) in [6, 6.07) is 20.5. The van der Waals surface area contributed by atoms with E-state index in [0.29, 0.717) is 0 Å². The minimum absolute atomic E-state index is 0.191. The van der Waals surface area contributed by atoms with Gasteiger partial charge < -0.3 is 10.5 Å². The van der Waals surface area contributed by atoms with Crippen molar-refractivity contribution in [2.75, 3.05) is 0 Å². The lowest BCUT2D eigenvalue weighted by molar-refractivity contribution is 0.464. The van der Waals surface area contributed by atoms with Crippen molar-refractivity contribution >= 4 is 18.7 Å². The Morgan fingerprint density at radius 2 is 1.42 bits per heavy atom. The van der Waals surface area contributed by atoms with Gasteiger partial charge >= 0.3 is 0 Å². The summed E-state index contributed by atoms with van der Waals surface area (Å²) < 4.78 is 0. The highest BCUT2D eigenvalue weighted by Crippen LogP contribution is 2.41. The maximum atomic E-state index is 12.1. The first-order chi connectivity index (χ1) is 12.4. The Morgan fingerprint density at radius 3 is 1.88 bits per heavy atom. The fourth-order valence-electron chi connectivity index (χ4n) is 3.87. The van der Waals surface area contributed by atoms with Crippen molar-refractivity contribution in [3.8, 4) is 0 Å². The van der Waals surface area contributed by atoms with Gasteiger partial charge in [-0.2, -0.15) is 0 Å². The van der Waals surface area contributed by atoms with E-state index in [1.54, 1.807) is 0 Å². The lowest BCUT2D eigenvalue weighted by Gasteiger charge is -2.41. The lowest BCUT2D eigenvalue weighted by atomic mass is 9.95. The van der Waals surface area contributed by atoms with Gasteiger partial charge in [-0.05, 0) is 47.2 Å². The molecular weight excluding hydrogens is 334 g/mol. The SMILES string of the molecule is CC(C)(CCC1=CC=C(N)CC1)[Si](O)(c1ccccc1)c1ccccc1.